The van der Waals surface area contributed by atoms with Crippen LogP contribution in [0.25, 0.3) is 0 Å². The normalized spacial score (nSPS) is 12.5. The molecule has 5 nitrogen and oxygen atoms in total. The summed E-state index contributed by atoms with van der Waals surface area (Å²) < 4.78 is 6.45. The molecule has 0 aliphatic heterocycles. The topological polar surface area (TPSA) is 64.3 Å². The predicted octanol–water partition coefficient (Wildman–Crippen LogP) is 0.831. The van der Waals surface area contributed by atoms with Crippen LogP contribution in [-0.4, -0.2) is 33.6 Å². The van der Waals surface area contributed by atoms with Crippen LogP contribution in [0, 0.1) is 0 Å². The molecule has 1 aromatic heterocycles. The quantitative estimate of drug-likeness (QED) is 0.734. The Hall–Kier alpha value is -1.36. The number of esters is 1. The van der Waals surface area contributed by atoms with Crippen LogP contribution in [0.15, 0.2) is 12.4 Å². The molecule has 0 amide bonds. The second-order valence-corrected chi connectivity index (χ2v) is 3.35. The van der Waals surface area contributed by atoms with E-state index in [-0.39, 0.29) is 12.1 Å². The van der Waals surface area contributed by atoms with E-state index >= 15 is 0 Å². The Morgan fingerprint density at radius 1 is 1.73 bits per heavy atom. The minimum Gasteiger partial charge on any atom is -0.462 e. The monoisotopic (exact) mass is 212 g/mol. The highest BCUT2D eigenvalue weighted by Crippen LogP contribution is 2.02. The maximum atomic E-state index is 11.3. The van der Waals surface area contributed by atoms with Crippen LogP contribution in [0.5, 0.6) is 0 Å². The minimum atomic E-state index is -0.361. The van der Waals surface area contributed by atoms with Crippen LogP contribution in [0.1, 0.15) is 30.6 Å². The molecule has 0 spiro atoms. The molecule has 0 saturated heterocycles. The van der Waals surface area contributed by atoms with Gasteiger partial charge in [0.05, 0.1) is 24.5 Å². The first kappa shape index (κ1) is 11.7. The largest absolute Gasteiger partial charge is 0.462 e. The molecule has 0 aromatic carbocycles. The summed E-state index contributed by atoms with van der Waals surface area (Å²) in [5, 5.41) is 13.1. The molecule has 1 atom stereocenters. The smallest absolute Gasteiger partial charge is 0.341 e. The van der Waals surface area contributed by atoms with Crippen LogP contribution in [-0.2, 0) is 11.3 Å². The van der Waals surface area contributed by atoms with Crippen molar-refractivity contribution in [2.75, 3.05) is 6.61 Å². The van der Waals surface area contributed by atoms with Gasteiger partial charge in [0.2, 0.25) is 0 Å². The number of aromatic nitrogens is 2. The molecular weight excluding hydrogens is 196 g/mol. The lowest BCUT2D eigenvalue weighted by Gasteiger charge is -2.03. The fourth-order valence-corrected chi connectivity index (χ4v) is 1.12. The minimum absolute atomic E-state index is 0.359. The molecule has 0 radical (unpaired) electrons. The summed E-state index contributed by atoms with van der Waals surface area (Å²) in [5.74, 6) is -0.360. The number of hydrogen-bond donors (Lipinski definition) is 1. The van der Waals surface area contributed by atoms with Crippen LogP contribution in [0.3, 0.4) is 0 Å². The number of rotatable bonds is 5. The Morgan fingerprint density at radius 3 is 3.07 bits per heavy atom. The first-order chi connectivity index (χ1) is 7.13. The van der Waals surface area contributed by atoms with E-state index in [4.69, 9.17) is 9.84 Å². The summed E-state index contributed by atoms with van der Waals surface area (Å²) in [4.78, 5) is 11.3. The van der Waals surface area contributed by atoms with Gasteiger partial charge < -0.3 is 9.84 Å². The van der Waals surface area contributed by atoms with Crippen LogP contribution < -0.4 is 0 Å². The van der Waals surface area contributed by atoms with E-state index in [0.717, 1.165) is 0 Å². The van der Waals surface area contributed by atoms with Gasteiger partial charge >= 0.3 is 5.97 Å². The standard InChI is InChI=1S/C10H16N2O3/c1-3-15-10(14)9-6-11-12(7-9)5-4-8(2)13/h6-8,13H,3-5H2,1-2H3. The van der Waals surface area contributed by atoms with Crippen molar-refractivity contribution in [2.24, 2.45) is 0 Å². The fourth-order valence-electron chi connectivity index (χ4n) is 1.12. The number of nitrogens with zero attached hydrogens (tertiary/aromatic N) is 2. The van der Waals surface area contributed by atoms with E-state index < -0.39 is 0 Å². The molecule has 0 aliphatic rings. The number of ether oxygens (including phenoxy) is 1. The van der Waals surface area contributed by atoms with Gasteiger partial charge in [0.15, 0.2) is 0 Å². The van der Waals surface area contributed by atoms with Gasteiger partial charge in [0.1, 0.15) is 0 Å². The fraction of sp³-hybridized carbons (Fsp3) is 0.600. The number of carbonyl (C=O) groups excluding carboxylic acids is 1. The van der Waals surface area contributed by atoms with E-state index in [1.807, 2.05) is 0 Å². The first-order valence-corrected chi connectivity index (χ1v) is 5.01. The van der Waals surface area contributed by atoms with Crippen molar-refractivity contribution < 1.29 is 14.6 Å². The van der Waals surface area contributed by atoms with Gasteiger partial charge in [0.25, 0.3) is 0 Å². The summed E-state index contributed by atoms with van der Waals surface area (Å²) >= 11 is 0. The second-order valence-electron chi connectivity index (χ2n) is 3.35. The zero-order chi connectivity index (χ0) is 11.3. The van der Waals surface area contributed by atoms with Gasteiger partial charge in [0, 0.05) is 12.7 Å². The maximum absolute atomic E-state index is 11.3. The van der Waals surface area contributed by atoms with Gasteiger partial charge in [-0.1, -0.05) is 0 Å². The molecule has 1 aromatic rings. The number of aliphatic hydroxyl groups is 1. The highest BCUT2D eigenvalue weighted by molar-refractivity contribution is 5.88. The van der Waals surface area contributed by atoms with Crippen molar-refractivity contribution in [3.05, 3.63) is 18.0 Å². The Bertz CT molecular complexity index is 320. The summed E-state index contributed by atoms with van der Waals surface area (Å²) in [6.45, 7) is 4.43. The SMILES string of the molecule is CCOC(=O)c1cnn(CCC(C)O)c1. The molecule has 1 heterocycles. The molecule has 0 saturated carbocycles. The van der Waals surface area contributed by atoms with Crippen molar-refractivity contribution in [3.63, 3.8) is 0 Å². The van der Waals surface area contributed by atoms with Crippen molar-refractivity contribution in [1.29, 1.82) is 0 Å². The highest BCUT2D eigenvalue weighted by atomic mass is 16.5. The molecule has 0 fully saturated rings. The Labute approximate surface area is 88.7 Å². The van der Waals surface area contributed by atoms with Gasteiger partial charge in [-0.2, -0.15) is 5.10 Å². The number of carbonyl (C=O) groups is 1. The van der Waals surface area contributed by atoms with Gasteiger partial charge in [-0.15, -0.1) is 0 Å². The highest BCUT2D eigenvalue weighted by Gasteiger charge is 2.09. The third-order valence-electron chi connectivity index (χ3n) is 1.92. The molecular formula is C10H16N2O3. The summed E-state index contributed by atoms with van der Waals surface area (Å²) in [7, 11) is 0. The van der Waals surface area contributed by atoms with E-state index in [9.17, 15) is 4.79 Å². The van der Waals surface area contributed by atoms with Crippen molar-refractivity contribution >= 4 is 5.97 Å². The molecule has 84 valence electrons. The molecule has 1 rings (SSSR count). The van der Waals surface area contributed by atoms with E-state index in [1.165, 1.54) is 6.20 Å². The van der Waals surface area contributed by atoms with Crippen molar-refractivity contribution in [1.82, 2.24) is 9.78 Å². The van der Waals surface area contributed by atoms with Crippen molar-refractivity contribution in [2.45, 2.75) is 32.9 Å². The molecule has 5 heteroatoms. The lowest BCUT2D eigenvalue weighted by Crippen LogP contribution is -2.07. The summed E-state index contributed by atoms with van der Waals surface area (Å²) in [6.07, 6.45) is 3.35. The van der Waals surface area contributed by atoms with Crippen LogP contribution >= 0.6 is 0 Å². The van der Waals surface area contributed by atoms with Crippen molar-refractivity contribution in [3.8, 4) is 0 Å². The average Bonchev–Trinajstić information content (AvgIpc) is 2.63. The molecule has 0 aliphatic carbocycles. The summed E-state index contributed by atoms with van der Waals surface area (Å²) in [5.41, 5.74) is 0.447. The third-order valence-corrected chi connectivity index (χ3v) is 1.92. The molecule has 1 unspecified atom stereocenters. The van der Waals surface area contributed by atoms with Gasteiger partial charge in [-0.3, -0.25) is 4.68 Å². The average molecular weight is 212 g/mol. The van der Waals surface area contributed by atoms with Gasteiger partial charge in [-0.05, 0) is 20.3 Å². The van der Waals surface area contributed by atoms with Crippen LogP contribution in [0.2, 0.25) is 0 Å². The Balaban J connectivity index is 2.52. The zero-order valence-corrected chi connectivity index (χ0v) is 9.01. The lowest BCUT2D eigenvalue weighted by molar-refractivity contribution is 0.0526. The number of hydrogen-bond acceptors (Lipinski definition) is 4. The van der Waals surface area contributed by atoms with Gasteiger partial charge in [-0.25, -0.2) is 4.79 Å². The lowest BCUT2D eigenvalue weighted by atomic mass is 10.3. The molecule has 15 heavy (non-hydrogen) atoms. The number of aliphatic hydroxyl groups excluding tert-OH is 1. The Morgan fingerprint density at radius 2 is 2.47 bits per heavy atom. The second kappa shape index (κ2) is 5.50. The molecule has 1 N–H and O–H groups in total. The van der Waals surface area contributed by atoms with E-state index in [2.05, 4.69) is 5.10 Å². The Kier molecular flexibility index (Phi) is 4.30. The van der Waals surface area contributed by atoms with E-state index in [0.29, 0.717) is 25.1 Å². The molecule has 0 bridgehead atoms. The summed E-state index contributed by atoms with van der Waals surface area (Å²) in [6, 6.07) is 0. The zero-order valence-electron chi connectivity index (χ0n) is 9.01. The maximum Gasteiger partial charge on any atom is 0.341 e. The third kappa shape index (κ3) is 3.71. The predicted molar refractivity (Wildman–Crippen MR) is 54.5 cm³/mol. The first-order valence-electron chi connectivity index (χ1n) is 5.01. The van der Waals surface area contributed by atoms with E-state index in [1.54, 1.807) is 24.7 Å². The number of aryl methyl sites for hydroxylation is 1. The van der Waals surface area contributed by atoms with Crippen LogP contribution in [0.4, 0.5) is 0 Å².